The van der Waals surface area contributed by atoms with Crippen LogP contribution in [-0.2, 0) is 15.9 Å². The molecule has 1 amide bonds. The van der Waals surface area contributed by atoms with Gasteiger partial charge in [0.2, 0.25) is 0 Å². The molecule has 2 aromatic rings. The van der Waals surface area contributed by atoms with Gasteiger partial charge in [-0.05, 0) is 75.6 Å². The Morgan fingerprint density at radius 1 is 1.14 bits per heavy atom. The fourth-order valence-electron chi connectivity index (χ4n) is 4.87. The molecule has 1 heterocycles. The number of hydrogen-bond acceptors (Lipinski definition) is 5. The minimum atomic E-state index is -4.18. The van der Waals surface area contributed by atoms with Crippen LogP contribution in [0, 0.1) is 24.5 Å². The van der Waals surface area contributed by atoms with Gasteiger partial charge in [0.05, 0.1) is 23.2 Å². The molecule has 202 valence electrons. The molecule has 4 rings (SSSR count). The van der Waals surface area contributed by atoms with Gasteiger partial charge in [0.15, 0.2) is 11.6 Å². The standard InChI is InChI=1S/C26H33F2N2O6P/c1-16-25(36-19-7-4-8-20(12-19)37(32,33)34)10-9-24(29-16)21-13-23(28)22(27)11-18(21)15-35-26(31)30(2)14-17-5-3-6-17/h9-11,13,17,19-20H,3-8,12,14-15H2,1-2H3,(H2,32,33,34). The van der Waals surface area contributed by atoms with Crippen molar-refractivity contribution in [2.45, 2.75) is 70.2 Å². The Hall–Kier alpha value is -2.55. The molecule has 2 aliphatic carbocycles. The van der Waals surface area contributed by atoms with Crippen LogP contribution in [0.1, 0.15) is 56.2 Å². The number of benzene rings is 1. The Morgan fingerprint density at radius 3 is 2.49 bits per heavy atom. The van der Waals surface area contributed by atoms with Crippen molar-refractivity contribution in [1.82, 2.24) is 9.88 Å². The molecule has 11 heteroatoms. The molecule has 0 bridgehead atoms. The van der Waals surface area contributed by atoms with E-state index in [1.807, 2.05) is 0 Å². The molecular weight excluding hydrogens is 505 g/mol. The van der Waals surface area contributed by atoms with Crippen LogP contribution in [-0.4, -0.2) is 51.1 Å². The summed E-state index contributed by atoms with van der Waals surface area (Å²) in [6.07, 6.45) is 4.48. The van der Waals surface area contributed by atoms with Crippen LogP contribution in [0.25, 0.3) is 11.3 Å². The number of aromatic nitrogens is 1. The highest BCUT2D eigenvalue weighted by Crippen LogP contribution is 2.48. The molecule has 2 N–H and O–H groups in total. The summed E-state index contributed by atoms with van der Waals surface area (Å²) in [7, 11) is -2.53. The minimum Gasteiger partial charge on any atom is -0.489 e. The van der Waals surface area contributed by atoms with E-state index in [1.54, 1.807) is 26.1 Å². The molecule has 37 heavy (non-hydrogen) atoms. The number of aryl methyl sites for hydroxylation is 1. The normalized spacial score (nSPS) is 20.3. The van der Waals surface area contributed by atoms with Gasteiger partial charge in [-0.15, -0.1) is 0 Å². The lowest BCUT2D eigenvalue weighted by molar-refractivity contribution is 0.0931. The first-order valence-electron chi connectivity index (χ1n) is 12.6. The number of carbonyl (C=O) groups is 1. The Morgan fingerprint density at radius 2 is 1.84 bits per heavy atom. The number of pyridine rings is 1. The molecule has 2 atom stereocenters. The molecule has 1 aromatic carbocycles. The SMILES string of the molecule is Cc1nc(-c2cc(F)c(F)cc2COC(=O)N(C)CC2CCC2)ccc1OC1CCCC(P(=O)(O)O)C1. The lowest BCUT2D eigenvalue weighted by Gasteiger charge is -2.30. The summed E-state index contributed by atoms with van der Waals surface area (Å²) < 4.78 is 51.3. The summed E-state index contributed by atoms with van der Waals surface area (Å²) in [5, 5.41) is 0. The highest BCUT2D eigenvalue weighted by atomic mass is 31.2. The van der Waals surface area contributed by atoms with E-state index < -0.39 is 31.0 Å². The number of rotatable bonds is 8. The third kappa shape index (κ3) is 6.86. The van der Waals surface area contributed by atoms with E-state index in [1.165, 1.54) is 4.90 Å². The first-order chi connectivity index (χ1) is 17.5. The lowest BCUT2D eigenvalue weighted by atomic mass is 9.85. The Bertz CT molecular complexity index is 1190. The molecular formula is C26H33F2N2O6P. The summed E-state index contributed by atoms with van der Waals surface area (Å²) in [6.45, 7) is 2.06. The summed E-state index contributed by atoms with van der Waals surface area (Å²) in [5.74, 6) is -1.17. The number of nitrogens with zero attached hydrogens (tertiary/aromatic N) is 2. The maximum atomic E-state index is 14.2. The van der Waals surface area contributed by atoms with Crippen molar-refractivity contribution in [1.29, 1.82) is 0 Å². The van der Waals surface area contributed by atoms with Crippen LogP contribution in [0.5, 0.6) is 5.75 Å². The number of amides is 1. The van der Waals surface area contributed by atoms with Crippen molar-refractivity contribution in [2.75, 3.05) is 13.6 Å². The van der Waals surface area contributed by atoms with Crippen molar-refractivity contribution >= 4 is 13.7 Å². The predicted octanol–water partition coefficient (Wildman–Crippen LogP) is 5.57. The fourth-order valence-corrected chi connectivity index (χ4v) is 5.90. The van der Waals surface area contributed by atoms with Gasteiger partial charge in [-0.25, -0.2) is 18.6 Å². The summed E-state index contributed by atoms with van der Waals surface area (Å²) in [6, 6.07) is 5.30. The number of hydrogen-bond donors (Lipinski definition) is 2. The second-order valence-electron chi connectivity index (χ2n) is 10.1. The molecule has 2 aliphatic rings. The van der Waals surface area contributed by atoms with Gasteiger partial charge in [-0.1, -0.05) is 6.42 Å². The van der Waals surface area contributed by atoms with E-state index in [2.05, 4.69) is 4.98 Å². The molecule has 2 unspecified atom stereocenters. The smallest absolute Gasteiger partial charge is 0.409 e. The summed E-state index contributed by atoms with van der Waals surface area (Å²) in [5.41, 5.74) is 0.695. The van der Waals surface area contributed by atoms with E-state index in [4.69, 9.17) is 9.47 Å². The monoisotopic (exact) mass is 538 g/mol. The van der Waals surface area contributed by atoms with E-state index in [9.17, 15) is 27.9 Å². The van der Waals surface area contributed by atoms with E-state index in [0.29, 0.717) is 54.4 Å². The minimum absolute atomic E-state index is 0.245. The molecule has 0 spiro atoms. The van der Waals surface area contributed by atoms with Gasteiger partial charge >= 0.3 is 13.7 Å². The molecule has 0 radical (unpaired) electrons. The quantitative estimate of drug-likeness (QED) is 0.423. The van der Waals surface area contributed by atoms with Gasteiger partial charge in [0.25, 0.3) is 0 Å². The zero-order valence-corrected chi connectivity index (χ0v) is 21.9. The Balaban J connectivity index is 1.48. The van der Waals surface area contributed by atoms with Crippen LogP contribution in [0.15, 0.2) is 24.3 Å². The zero-order chi connectivity index (χ0) is 26.7. The van der Waals surface area contributed by atoms with Crippen molar-refractivity contribution in [2.24, 2.45) is 5.92 Å². The molecule has 8 nitrogen and oxygen atoms in total. The van der Waals surface area contributed by atoms with Crippen molar-refractivity contribution in [3.05, 3.63) is 47.2 Å². The average molecular weight is 539 g/mol. The summed E-state index contributed by atoms with van der Waals surface area (Å²) in [4.78, 5) is 37.5. The third-order valence-corrected chi connectivity index (χ3v) is 8.67. The maximum Gasteiger partial charge on any atom is 0.409 e. The van der Waals surface area contributed by atoms with Crippen LogP contribution >= 0.6 is 7.60 Å². The van der Waals surface area contributed by atoms with Crippen LogP contribution in [0.4, 0.5) is 13.6 Å². The van der Waals surface area contributed by atoms with Crippen molar-refractivity contribution < 1.29 is 37.4 Å². The van der Waals surface area contributed by atoms with E-state index in [-0.39, 0.29) is 24.7 Å². The fraction of sp³-hybridized carbons (Fsp3) is 0.538. The molecule has 0 saturated heterocycles. The van der Waals surface area contributed by atoms with Gasteiger partial charge in [0, 0.05) is 24.7 Å². The highest BCUT2D eigenvalue weighted by Gasteiger charge is 2.35. The zero-order valence-electron chi connectivity index (χ0n) is 21.0. The highest BCUT2D eigenvalue weighted by molar-refractivity contribution is 7.52. The van der Waals surface area contributed by atoms with Gasteiger partial charge in [-0.2, -0.15) is 0 Å². The van der Waals surface area contributed by atoms with Crippen LogP contribution < -0.4 is 4.74 Å². The number of halogens is 2. The topological polar surface area (TPSA) is 109 Å². The summed E-state index contributed by atoms with van der Waals surface area (Å²) >= 11 is 0. The average Bonchev–Trinajstić information content (AvgIpc) is 2.82. The largest absolute Gasteiger partial charge is 0.489 e. The molecule has 2 saturated carbocycles. The van der Waals surface area contributed by atoms with Gasteiger partial charge in [-0.3, -0.25) is 4.57 Å². The predicted molar refractivity (Wildman–Crippen MR) is 133 cm³/mol. The number of ether oxygens (including phenoxy) is 2. The lowest BCUT2D eigenvalue weighted by Crippen LogP contribution is -2.34. The second-order valence-corrected chi connectivity index (χ2v) is 12.0. The number of carbonyl (C=O) groups excluding carboxylic acids is 1. The van der Waals surface area contributed by atoms with Gasteiger partial charge < -0.3 is 24.2 Å². The van der Waals surface area contributed by atoms with E-state index >= 15 is 0 Å². The first-order valence-corrected chi connectivity index (χ1v) is 14.2. The first kappa shape index (κ1) is 27.5. The van der Waals surface area contributed by atoms with Crippen LogP contribution in [0.3, 0.4) is 0 Å². The molecule has 0 aliphatic heterocycles. The maximum absolute atomic E-state index is 14.2. The van der Waals surface area contributed by atoms with Crippen molar-refractivity contribution in [3.8, 4) is 17.0 Å². The van der Waals surface area contributed by atoms with E-state index in [0.717, 1.165) is 31.4 Å². The third-order valence-electron chi connectivity index (χ3n) is 7.25. The van der Waals surface area contributed by atoms with Crippen LogP contribution in [0.2, 0.25) is 0 Å². The second kappa shape index (κ2) is 11.5. The Kier molecular flexibility index (Phi) is 8.51. The molecule has 2 fully saturated rings. The molecule has 1 aromatic heterocycles. The van der Waals surface area contributed by atoms with Crippen molar-refractivity contribution in [3.63, 3.8) is 0 Å². The van der Waals surface area contributed by atoms with Gasteiger partial charge in [0.1, 0.15) is 12.4 Å². The Labute approximate surface area is 215 Å².